The minimum atomic E-state index is 0.0130. The monoisotopic (exact) mass is 279 g/mol. The van der Waals surface area contributed by atoms with Gasteiger partial charge < -0.3 is 0 Å². The zero-order valence-electron chi connectivity index (χ0n) is 9.78. The largest absolute Gasteiger partial charge is 0.294 e. The van der Waals surface area contributed by atoms with E-state index in [0.29, 0.717) is 15.6 Å². The number of halogens is 2. The first kappa shape index (κ1) is 13.1. The van der Waals surface area contributed by atoms with Gasteiger partial charge in [-0.2, -0.15) is 0 Å². The lowest BCUT2D eigenvalue weighted by Gasteiger charge is -2.06. The number of Topliss-reactive ketones (excluding diaryl/α,β-unsaturated/α-hetero) is 1. The van der Waals surface area contributed by atoms with Gasteiger partial charge in [0.15, 0.2) is 5.78 Å². The van der Waals surface area contributed by atoms with E-state index in [4.69, 9.17) is 23.2 Å². The van der Waals surface area contributed by atoms with Crippen LogP contribution in [0.1, 0.15) is 21.5 Å². The molecular formula is C14H11Cl2NO. The summed E-state index contributed by atoms with van der Waals surface area (Å²) in [4.78, 5) is 16.1. The molecule has 1 heterocycles. The highest BCUT2D eigenvalue weighted by Gasteiger charge is 2.12. The van der Waals surface area contributed by atoms with Crippen molar-refractivity contribution in [1.82, 2.24) is 4.98 Å². The summed E-state index contributed by atoms with van der Waals surface area (Å²) in [6, 6.07) is 6.84. The van der Waals surface area contributed by atoms with Gasteiger partial charge in [-0.15, -0.1) is 0 Å². The second-order valence-electron chi connectivity index (χ2n) is 4.03. The van der Waals surface area contributed by atoms with Crippen LogP contribution >= 0.6 is 23.2 Å². The van der Waals surface area contributed by atoms with Crippen LogP contribution in [0.2, 0.25) is 10.0 Å². The number of carbonyl (C=O) groups is 1. The number of benzene rings is 1. The van der Waals surface area contributed by atoms with E-state index in [1.54, 1.807) is 36.7 Å². The Bertz CT molecular complexity index is 596. The molecule has 4 heteroatoms. The number of aromatic nitrogens is 1. The fourth-order valence-corrected chi connectivity index (χ4v) is 2.11. The van der Waals surface area contributed by atoms with Crippen LogP contribution in [0.5, 0.6) is 0 Å². The number of carbonyl (C=O) groups excluding carboxylic acids is 1. The Hall–Kier alpha value is -1.38. The van der Waals surface area contributed by atoms with E-state index in [9.17, 15) is 4.79 Å². The molecule has 1 aromatic heterocycles. The molecule has 0 radical (unpaired) electrons. The summed E-state index contributed by atoms with van der Waals surface area (Å²) in [6.07, 6.45) is 3.52. The van der Waals surface area contributed by atoms with Crippen molar-refractivity contribution in [3.63, 3.8) is 0 Å². The van der Waals surface area contributed by atoms with Crippen molar-refractivity contribution in [1.29, 1.82) is 0 Å². The van der Waals surface area contributed by atoms with Gasteiger partial charge in [0.2, 0.25) is 0 Å². The lowest BCUT2D eigenvalue weighted by Crippen LogP contribution is -2.06. The molecule has 0 spiro atoms. The molecular weight excluding hydrogens is 269 g/mol. The zero-order chi connectivity index (χ0) is 13.1. The molecule has 0 saturated heterocycles. The Morgan fingerprint density at radius 1 is 1.28 bits per heavy atom. The molecule has 1 aromatic carbocycles. The highest BCUT2D eigenvalue weighted by molar-refractivity contribution is 6.33. The second-order valence-corrected chi connectivity index (χ2v) is 4.87. The summed E-state index contributed by atoms with van der Waals surface area (Å²) in [5.74, 6) is 0.0130. The first-order valence-corrected chi connectivity index (χ1v) is 6.21. The summed E-state index contributed by atoms with van der Waals surface area (Å²) >= 11 is 11.9. The summed E-state index contributed by atoms with van der Waals surface area (Å²) in [7, 11) is 0. The molecule has 2 aromatic rings. The van der Waals surface area contributed by atoms with Crippen LogP contribution in [0.15, 0.2) is 36.7 Å². The molecule has 0 bridgehead atoms. The van der Waals surface area contributed by atoms with Crippen molar-refractivity contribution in [3.8, 4) is 0 Å². The SMILES string of the molecule is Cc1cnccc1C(=O)Cc1cc(Cl)ccc1Cl. The second kappa shape index (κ2) is 5.51. The first-order valence-electron chi connectivity index (χ1n) is 5.45. The maximum Gasteiger partial charge on any atom is 0.167 e. The molecule has 0 amide bonds. The Morgan fingerprint density at radius 2 is 2.06 bits per heavy atom. The number of hydrogen-bond acceptors (Lipinski definition) is 2. The normalized spacial score (nSPS) is 10.4. The Morgan fingerprint density at radius 3 is 2.78 bits per heavy atom. The van der Waals surface area contributed by atoms with Gasteiger partial charge in [0.25, 0.3) is 0 Å². The minimum Gasteiger partial charge on any atom is -0.294 e. The summed E-state index contributed by atoms with van der Waals surface area (Å²) in [6.45, 7) is 1.86. The Labute approximate surface area is 116 Å². The van der Waals surface area contributed by atoms with Crippen LogP contribution in [0, 0.1) is 6.92 Å². The van der Waals surface area contributed by atoms with Gasteiger partial charge in [-0.05, 0) is 42.3 Å². The fraction of sp³-hybridized carbons (Fsp3) is 0.143. The van der Waals surface area contributed by atoms with Gasteiger partial charge in [0.05, 0.1) is 0 Å². The molecule has 0 atom stereocenters. The third kappa shape index (κ3) is 2.89. The van der Waals surface area contributed by atoms with Crippen LogP contribution in [0.25, 0.3) is 0 Å². The van der Waals surface area contributed by atoms with Crippen molar-refractivity contribution < 1.29 is 4.79 Å². The summed E-state index contributed by atoms with van der Waals surface area (Å²) in [5, 5.41) is 1.13. The van der Waals surface area contributed by atoms with Gasteiger partial charge in [0, 0.05) is 34.4 Å². The van der Waals surface area contributed by atoms with Crippen LogP contribution in [0.3, 0.4) is 0 Å². The van der Waals surface area contributed by atoms with Crippen molar-refractivity contribution in [2.24, 2.45) is 0 Å². The molecule has 0 aliphatic heterocycles. The van der Waals surface area contributed by atoms with Crippen molar-refractivity contribution >= 4 is 29.0 Å². The number of hydrogen-bond donors (Lipinski definition) is 0. The zero-order valence-corrected chi connectivity index (χ0v) is 11.3. The molecule has 2 nitrogen and oxygen atoms in total. The average molecular weight is 280 g/mol. The topological polar surface area (TPSA) is 30.0 Å². The maximum atomic E-state index is 12.2. The molecule has 92 valence electrons. The van der Waals surface area contributed by atoms with Crippen LogP contribution in [-0.2, 0) is 6.42 Å². The summed E-state index contributed by atoms with van der Waals surface area (Å²) in [5.41, 5.74) is 2.27. The predicted octanol–water partition coefficient (Wildman–Crippen LogP) is 4.12. The molecule has 0 aliphatic rings. The standard InChI is InChI=1S/C14H11Cl2NO/c1-9-8-17-5-4-12(9)14(18)7-10-6-11(15)2-3-13(10)16/h2-6,8H,7H2,1H3. The van der Waals surface area contributed by atoms with E-state index in [0.717, 1.165) is 11.1 Å². The lowest BCUT2D eigenvalue weighted by molar-refractivity contribution is 0.0992. The van der Waals surface area contributed by atoms with Gasteiger partial charge in [-0.25, -0.2) is 0 Å². The fourth-order valence-electron chi connectivity index (χ4n) is 1.73. The van der Waals surface area contributed by atoms with Crippen LogP contribution < -0.4 is 0 Å². The lowest BCUT2D eigenvalue weighted by atomic mass is 10.0. The molecule has 2 rings (SSSR count). The smallest absolute Gasteiger partial charge is 0.167 e. The molecule has 0 unspecified atom stereocenters. The number of nitrogens with zero attached hydrogens (tertiary/aromatic N) is 1. The van der Waals surface area contributed by atoms with E-state index in [1.807, 2.05) is 6.92 Å². The van der Waals surface area contributed by atoms with E-state index in [1.165, 1.54) is 0 Å². The molecule has 0 aliphatic carbocycles. The third-order valence-corrected chi connectivity index (χ3v) is 3.28. The quantitative estimate of drug-likeness (QED) is 0.791. The highest BCUT2D eigenvalue weighted by atomic mass is 35.5. The number of aryl methyl sites for hydroxylation is 1. The number of ketones is 1. The first-order chi connectivity index (χ1) is 8.58. The van der Waals surface area contributed by atoms with Gasteiger partial charge in [-0.3, -0.25) is 9.78 Å². The number of pyridine rings is 1. The highest BCUT2D eigenvalue weighted by Crippen LogP contribution is 2.22. The Kier molecular flexibility index (Phi) is 4.00. The van der Waals surface area contributed by atoms with Crippen molar-refractivity contribution in [2.45, 2.75) is 13.3 Å². The third-order valence-electron chi connectivity index (χ3n) is 2.68. The summed E-state index contributed by atoms with van der Waals surface area (Å²) < 4.78 is 0. The van der Waals surface area contributed by atoms with Gasteiger partial charge in [-0.1, -0.05) is 23.2 Å². The molecule has 0 N–H and O–H groups in total. The van der Waals surface area contributed by atoms with E-state index >= 15 is 0 Å². The van der Waals surface area contributed by atoms with Crippen LogP contribution in [-0.4, -0.2) is 10.8 Å². The minimum absolute atomic E-state index is 0.0130. The van der Waals surface area contributed by atoms with Crippen molar-refractivity contribution in [3.05, 3.63) is 63.4 Å². The van der Waals surface area contributed by atoms with E-state index in [2.05, 4.69) is 4.98 Å². The van der Waals surface area contributed by atoms with Crippen LogP contribution in [0.4, 0.5) is 0 Å². The molecule has 18 heavy (non-hydrogen) atoms. The van der Waals surface area contributed by atoms with E-state index in [-0.39, 0.29) is 12.2 Å². The molecule has 0 saturated carbocycles. The Balaban J connectivity index is 2.27. The predicted molar refractivity (Wildman–Crippen MR) is 73.5 cm³/mol. The van der Waals surface area contributed by atoms with Gasteiger partial charge >= 0.3 is 0 Å². The maximum absolute atomic E-state index is 12.2. The molecule has 0 fully saturated rings. The van der Waals surface area contributed by atoms with Crippen molar-refractivity contribution in [2.75, 3.05) is 0 Å². The number of rotatable bonds is 3. The average Bonchev–Trinajstić information content (AvgIpc) is 2.34. The van der Waals surface area contributed by atoms with Gasteiger partial charge in [0.1, 0.15) is 0 Å². The van der Waals surface area contributed by atoms with E-state index < -0.39 is 0 Å².